The minimum Gasteiger partial charge on any atom is -0.350 e. The van der Waals surface area contributed by atoms with Crippen molar-refractivity contribution in [2.75, 3.05) is 6.54 Å². The lowest BCUT2D eigenvalue weighted by Gasteiger charge is -2.54. The number of hydrogen-bond acceptors (Lipinski definition) is 3. The van der Waals surface area contributed by atoms with Gasteiger partial charge in [-0.2, -0.15) is 0 Å². The van der Waals surface area contributed by atoms with Crippen LogP contribution in [0.3, 0.4) is 0 Å². The third-order valence-corrected chi connectivity index (χ3v) is 9.92. The van der Waals surface area contributed by atoms with Gasteiger partial charge in [0.05, 0.1) is 17.9 Å². The molecule has 7 heteroatoms. The zero-order valence-electron chi connectivity index (χ0n) is 21.7. The number of carbonyl (C=O) groups excluding carboxylic acids is 3. The quantitative estimate of drug-likeness (QED) is 0.208. The van der Waals surface area contributed by atoms with Crippen LogP contribution in [0.2, 0.25) is 0 Å². The summed E-state index contributed by atoms with van der Waals surface area (Å²) < 4.78 is 0. The number of unbranched alkanes of at least 4 members (excludes halogenated alkanes) is 2. The Hall–Kier alpha value is -3.15. The van der Waals surface area contributed by atoms with Crippen molar-refractivity contribution >= 4 is 40.9 Å². The Labute approximate surface area is 238 Å². The number of imide groups is 1. The number of rotatable bonds is 8. The van der Waals surface area contributed by atoms with Crippen molar-refractivity contribution in [1.29, 1.82) is 0 Å². The van der Waals surface area contributed by atoms with Crippen molar-refractivity contribution in [2.45, 2.75) is 48.4 Å². The number of nitrogens with one attached hydrogen (secondary N) is 1. The summed E-state index contributed by atoms with van der Waals surface area (Å²) in [6.07, 6.45) is 2.40. The first kappa shape index (κ1) is 26.1. The van der Waals surface area contributed by atoms with Crippen molar-refractivity contribution in [2.24, 2.45) is 11.8 Å². The summed E-state index contributed by atoms with van der Waals surface area (Å²) in [7, 11) is 0. The largest absolute Gasteiger partial charge is 0.350 e. The number of carbonyl (C=O) groups is 3. The Kier molecular flexibility index (Phi) is 6.55. The predicted molar refractivity (Wildman–Crippen MR) is 151 cm³/mol. The lowest BCUT2D eigenvalue weighted by Crippen LogP contribution is -2.57. The van der Waals surface area contributed by atoms with Gasteiger partial charge in [-0.05, 0) is 47.6 Å². The van der Waals surface area contributed by atoms with E-state index in [0.717, 1.165) is 34.2 Å². The van der Waals surface area contributed by atoms with Crippen molar-refractivity contribution in [1.82, 2.24) is 10.2 Å². The van der Waals surface area contributed by atoms with Crippen LogP contribution in [0.15, 0.2) is 78.9 Å². The molecule has 1 aliphatic heterocycles. The molecule has 3 aromatic carbocycles. The summed E-state index contributed by atoms with van der Waals surface area (Å²) in [6.45, 7) is 2.26. The van der Waals surface area contributed by atoms with Crippen LogP contribution in [0.5, 0.6) is 0 Å². The smallest absolute Gasteiger partial charge is 0.235 e. The molecule has 0 radical (unpaired) electrons. The molecule has 0 unspecified atom stereocenters. The van der Waals surface area contributed by atoms with E-state index in [9.17, 15) is 14.4 Å². The monoisotopic (exact) mass is 560 g/mol. The van der Waals surface area contributed by atoms with Crippen LogP contribution >= 0.6 is 23.2 Å². The maximum absolute atomic E-state index is 13.8. The lowest BCUT2D eigenvalue weighted by molar-refractivity contribution is -0.140. The molecule has 7 rings (SSSR count). The normalized spacial score (nSPS) is 27.1. The summed E-state index contributed by atoms with van der Waals surface area (Å²) in [4.78, 5) is 39.2. The summed E-state index contributed by atoms with van der Waals surface area (Å²) in [6, 6.07) is 25.1. The number of hydrogen-bond donors (Lipinski definition) is 1. The summed E-state index contributed by atoms with van der Waals surface area (Å²) in [5.41, 5.74) is 4.28. The van der Waals surface area contributed by atoms with Gasteiger partial charge < -0.3 is 5.32 Å². The van der Waals surface area contributed by atoms with Crippen LogP contribution < -0.4 is 5.32 Å². The first-order valence-electron chi connectivity index (χ1n) is 13.6. The van der Waals surface area contributed by atoms with Gasteiger partial charge in [0.2, 0.25) is 17.7 Å². The molecule has 1 heterocycles. The number of nitrogens with zero attached hydrogens (tertiary/aromatic N) is 1. The summed E-state index contributed by atoms with van der Waals surface area (Å²) >= 11 is 14.9. The lowest BCUT2D eigenvalue weighted by atomic mass is 9.54. The van der Waals surface area contributed by atoms with Gasteiger partial charge in [0, 0.05) is 13.0 Å². The van der Waals surface area contributed by atoms with Crippen LogP contribution in [-0.4, -0.2) is 29.2 Å². The van der Waals surface area contributed by atoms with Gasteiger partial charge in [-0.1, -0.05) is 85.3 Å². The Morgan fingerprint density at radius 2 is 1.23 bits per heavy atom. The van der Waals surface area contributed by atoms with Gasteiger partial charge in [-0.25, -0.2) is 0 Å². The molecular formula is C32H30Cl2N2O3. The van der Waals surface area contributed by atoms with E-state index in [0.29, 0.717) is 25.8 Å². The Morgan fingerprint density at radius 1 is 0.769 bits per heavy atom. The molecule has 200 valence electrons. The SMILES string of the molecule is C[C@@H](NC(=O)CCCCCN1C(=O)[C@@H]2[C@H](C1=O)C1(Cl)c3ccccc3C2(Cl)c2ccccc21)c1ccccc1. The zero-order chi connectivity index (χ0) is 27.4. The van der Waals surface area contributed by atoms with Gasteiger partial charge in [-0.15, -0.1) is 23.2 Å². The van der Waals surface area contributed by atoms with Gasteiger partial charge in [-0.3, -0.25) is 19.3 Å². The second kappa shape index (κ2) is 9.79. The standard InChI is InChI=1S/C32H30Cl2N2O3/c1-20(21-12-4-2-5-13-21)35-26(37)18-6-3-11-19-36-29(38)27-28(30(36)39)32(34)23-15-8-7-14-22(23)31(27,33)24-16-9-10-17-25(24)32/h2,4-5,7-10,12-17,20,27-28H,3,6,11,18-19H2,1H3,(H,35,37)/t20-,27-,28+,31?,32?/m1/s1. The summed E-state index contributed by atoms with van der Waals surface area (Å²) in [5.74, 6) is -2.06. The van der Waals surface area contributed by atoms with Gasteiger partial charge in [0.1, 0.15) is 9.75 Å². The fourth-order valence-electron chi connectivity index (χ4n) is 6.82. The predicted octanol–water partition coefficient (Wildman–Crippen LogP) is 6.02. The Morgan fingerprint density at radius 3 is 1.72 bits per heavy atom. The molecule has 39 heavy (non-hydrogen) atoms. The van der Waals surface area contributed by atoms with Crippen molar-refractivity contribution in [3.8, 4) is 0 Å². The van der Waals surface area contributed by atoms with Crippen molar-refractivity contribution < 1.29 is 14.4 Å². The third kappa shape index (κ3) is 3.85. The van der Waals surface area contributed by atoms with Crippen LogP contribution in [-0.2, 0) is 24.1 Å². The maximum atomic E-state index is 13.8. The number of alkyl halides is 2. The summed E-state index contributed by atoms with van der Waals surface area (Å²) in [5, 5.41) is 3.03. The molecular weight excluding hydrogens is 531 g/mol. The minimum absolute atomic E-state index is 0.00837. The van der Waals surface area contributed by atoms with Crippen molar-refractivity contribution in [3.05, 3.63) is 107 Å². The molecule has 0 spiro atoms. The van der Waals surface area contributed by atoms with Crippen LogP contribution in [0.25, 0.3) is 0 Å². The van der Waals surface area contributed by atoms with Gasteiger partial charge in [0.25, 0.3) is 0 Å². The highest BCUT2D eigenvalue weighted by Gasteiger charge is 2.72. The third-order valence-electron chi connectivity index (χ3n) is 8.64. The average molecular weight is 562 g/mol. The van der Waals surface area contributed by atoms with Gasteiger partial charge in [0.15, 0.2) is 0 Å². The second-order valence-corrected chi connectivity index (χ2v) is 12.0. The van der Waals surface area contributed by atoms with Crippen LogP contribution in [0, 0.1) is 11.8 Å². The van der Waals surface area contributed by atoms with Gasteiger partial charge >= 0.3 is 0 Å². The van der Waals surface area contributed by atoms with E-state index in [2.05, 4.69) is 5.32 Å². The van der Waals surface area contributed by atoms with Crippen molar-refractivity contribution in [3.63, 3.8) is 0 Å². The highest BCUT2D eigenvalue weighted by atomic mass is 35.5. The Bertz CT molecular complexity index is 1340. The van der Waals surface area contributed by atoms with E-state index in [1.54, 1.807) is 0 Å². The molecule has 3 amide bonds. The molecule has 4 aliphatic rings. The number of amides is 3. The first-order chi connectivity index (χ1) is 18.8. The first-order valence-corrected chi connectivity index (χ1v) is 14.3. The van der Waals surface area contributed by atoms with E-state index in [1.165, 1.54) is 4.90 Å². The van der Waals surface area contributed by atoms with E-state index in [1.807, 2.05) is 85.8 Å². The molecule has 0 aromatic heterocycles. The molecule has 1 saturated heterocycles. The molecule has 0 saturated carbocycles. The topological polar surface area (TPSA) is 66.5 Å². The minimum atomic E-state index is -1.15. The zero-order valence-corrected chi connectivity index (χ0v) is 23.2. The number of halogens is 2. The van der Waals surface area contributed by atoms with Crippen LogP contribution in [0.4, 0.5) is 0 Å². The van der Waals surface area contributed by atoms with E-state index >= 15 is 0 Å². The Balaban J connectivity index is 1.14. The maximum Gasteiger partial charge on any atom is 0.235 e. The second-order valence-electron chi connectivity index (χ2n) is 10.8. The molecule has 3 aromatic rings. The molecule has 5 nitrogen and oxygen atoms in total. The molecule has 2 bridgehead atoms. The average Bonchev–Trinajstić information content (AvgIpc) is 3.22. The van der Waals surface area contributed by atoms with E-state index in [-0.39, 0.29) is 23.8 Å². The molecule has 1 N–H and O–H groups in total. The highest BCUT2D eigenvalue weighted by molar-refractivity contribution is 6.36. The molecule has 3 atom stereocenters. The molecule has 3 aliphatic carbocycles. The fraction of sp³-hybridized carbons (Fsp3) is 0.344. The van der Waals surface area contributed by atoms with Crippen LogP contribution in [0.1, 0.15) is 66.5 Å². The van der Waals surface area contributed by atoms with E-state index < -0.39 is 21.6 Å². The number of benzene rings is 3. The number of likely N-dealkylation sites (tertiary alicyclic amines) is 1. The molecule has 1 fully saturated rings. The van der Waals surface area contributed by atoms with E-state index in [4.69, 9.17) is 23.2 Å². The fourth-order valence-corrected chi connectivity index (χ4v) is 7.91. The highest BCUT2D eigenvalue weighted by Crippen LogP contribution is 2.69.